The van der Waals surface area contributed by atoms with Crippen molar-refractivity contribution in [1.82, 2.24) is 10.6 Å². The van der Waals surface area contributed by atoms with Gasteiger partial charge in [-0.15, -0.1) is 0 Å². The molecular formula is C16H24N2O. The highest BCUT2D eigenvalue weighted by Gasteiger charge is 2.19. The molecule has 0 saturated carbocycles. The molecule has 19 heavy (non-hydrogen) atoms. The zero-order chi connectivity index (χ0) is 13.7. The lowest BCUT2D eigenvalue weighted by Gasteiger charge is -2.22. The van der Waals surface area contributed by atoms with Crippen LogP contribution in [0, 0.1) is 6.92 Å². The van der Waals surface area contributed by atoms with Crippen molar-refractivity contribution in [3.63, 3.8) is 0 Å². The van der Waals surface area contributed by atoms with Gasteiger partial charge in [-0.1, -0.05) is 24.3 Å². The molecule has 1 fully saturated rings. The normalized spacial score (nSPS) is 21.6. The van der Waals surface area contributed by atoms with Crippen molar-refractivity contribution < 1.29 is 4.79 Å². The summed E-state index contributed by atoms with van der Waals surface area (Å²) in [4.78, 5) is 11.5. The quantitative estimate of drug-likeness (QED) is 0.871. The Labute approximate surface area is 115 Å². The number of amides is 1. The van der Waals surface area contributed by atoms with Gasteiger partial charge in [0.2, 0.25) is 5.91 Å². The van der Waals surface area contributed by atoms with Crippen LogP contribution in [-0.4, -0.2) is 24.5 Å². The largest absolute Gasteiger partial charge is 0.356 e. The summed E-state index contributed by atoms with van der Waals surface area (Å²) in [6, 6.07) is 9.23. The Bertz CT molecular complexity index is 431. The molecule has 0 spiro atoms. The third-order valence-electron chi connectivity index (χ3n) is 3.79. The standard InChI is InChI=1S/C16H24N2O/c1-12-6-3-4-7-14(12)10-13(2)18-15-8-5-9-17-16(19)11-15/h3-4,6-7,13,15,18H,5,8-11H2,1-2H3,(H,17,19). The van der Waals surface area contributed by atoms with Gasteiger partial charge >= 0.3 is 0 Å². The minimum atomic E-state index is 0.179. The summed E-state index contributed by atoms with van der Waals surface area (Å²) in [5.41, 5.74) is 2.73. The molecule has 2 rings (SSSR count). The first-order chi connectivity index (χ1) is 9.15. The van der Waals surface area contributed by atoms with E-state index < -0.39 is 0 Å². The topological polar surface area (TPSA) is 41.1 Å². The first kappa shape index (κ1) is 14.1. The van der Waals surface area contributed by atoms with E-state index in [-0.39, 0.29) is 5.91 Å². The summed E-state index contributed by atoms with van der Waals surface area (Å²) in [7, 11) is 0. The average Bonchev–Trinajstić information content (AvgIpc) is 2.56. The molecule has 2 unspecified atom stereocenters. The second kappa shape index (κ2) is 6.71. The first-order valence-corrected chi connectivity index (χ1v) is 7.22. The lowest BCUT2D eigenvalue weighted by molar-refractivity contribution is -0.121. The van der Waals surface area contributed by atoms with Crippen LogP contribution < -0.4 is 10.6 Å². The van der Waals surface area contributed by atoms with Gasteiger partial charge in [0.15, 0.2) is 0 Å². The lowest BCUT2D eigenvalue weighted by Crippen LogP contribution is -2.39. The van der Waals surface area contributed by atoms with Crippen LogP contribution in [0.1, 0.15) is 37.3 Å². The first-order valence-electron chi connectivity index (χ1n) is 7.22. The van der Waals surface area contributed by atoms with E-state index in [2.05, 4.69) is 48.7 Å². The molecule has 0 radical (unpaired) electrons. The third kappa shape index (κ3) is 4.35. The van der Waals surface area contributed by atoms with Crippen LogP contribution in [0.25, 0.3) is 0 Å². The molecule has 3 nitrogen and oxygen atoms in total. The molecule has 1 aromatic rings. The number of benzene rings is 1. The maximum absolute atomic E-state index is 11.5. The predicted octanol–water partition coefficient (Wildman–Crippen LogP) is 2.18. The van der Waals surface area contributed by atoms with E-state index in [0.29, 0.717) is 18.5 Å². The molecule has 3 heteroatoms. The van der Waals surface area contributed by atoms with Crippen molar-refractivity contribution in [2.75, 3.05) is 6.54 Å². The summed E-state index contributed by atoms with van der Waals surface area (Å²) < 4.78 is 0. The Morgan fingerprint density at radius 1 is 1.42 bits per heavy atom. The van der Waals surface area contributed by atoms with Crippen LogP contribution in [0.2, 0.25) is 0 Å². The fourth-order valence-electron chi connectivity index (χ4n) is 2.75. The van der Waals surface area contributed by atoms with E-state index in [1.807, 2.05) is 0 Å². The van der Waals surface area contributed by atoms with Gasteiger partial charge in [0.1, 0.15) is 0 Å². The SMILES string of the molecule is Cc1ccccc1CC(C)NC1CCCNC(=O)C1. The molecule has 1 saturated heterocycles. The average molecular weight is 260 g/mol. The Balaban J connectivity index is 1.88. The monoisotopic (exact) mass is 260 g/mol. The number of carbonyl (C=O) groups excluding carboxylic acids is 1. The van der Waals surface area contributed by atoms with E-state index in [0.717, 1.165) is 25.8 Å². The van der Waals surface area contributed by atoms with E-state index in [1.54, 1.807) is 0 Å². The highest BCUT2D eigenvalue weighted by Crippen LogP contribution is 2.12. The molecule has 2 N–H and O–H groups in total. The smallest absolute Gasteiger partial charge is 0.221 e. The summed E-state index contributed by atoms with van der Waals surface area (Å²) in [6.07, 6.45) is 3.78. The van der Waals surface area contributed by atoms with Crippen LogP contribution in [0.3, 0.4) is 0 Å². The fraction of sp³-hybridized carbons (Fsp3) is 0.562. The second-order valence-electron chi connectivity index (χ2n) is 5.59. The van der Waals surface area contributed by atoms with E-state index in [9.17, 15) is 4.79 Å². The molecule has 1 amide bonds. The van der Waals surface area contributed by atoms with Gasteiger partial charge < -0.3 is 10.6 Å². The fourth-order valence-corrected chi connectivity index (χ4v) is 2.75. The number of hydrogen-bond acceptors (Lipinski definition) is 2. The van der Waals surface area contributed by atoms with E-state index >= 15 is 0 Å². The van der Waals surface area contributed by atoms with Gasteiger partial charge in [-0.25, -0.2) is 0 Å². The number of nitrogens with one attached hydrogen (secondary N) is 2. The van der Waals surface area contributed by atoms with Crippen molar-refractivity contribution in [2.24, 2.45) is 0 Å². The predicted molar refractivity (Wildman–Crippen MR) is 78.1 cm³/mol. The maximum atomic E-state index is 11.5. The molecule has 0 bridgehead atoms. The van der Waals surface area contributed by atoms with Gasteiger partial charge in [0.05, 0.1) is 0 Å². The highest BCUT2D eigenvalue weighted by molar-refractivity contribution is 5.76. The second-order valence-corrected chi connectivity index (χ2v) is 5.59. The van der Waals surface area contributed by atoms with Crippen molar-refractivity contribution >= 4 is 5.91 Å². The highest BCUT2D eigenvalue weighted by atomic mass is 16.1. The number of rotatable bonds is 4. The van der Waals surface area contributed by atoms with Gasteiger partial charge in [0, 0.05) is 25.0 Å². The maximum Gasteiger partial charge on any atom is 0.221 e. The van der Waals surface area contributed by atoms with Crippen LogP contribution in [-0.2, 0) is 11.2 Å². The van der Waals surface area contributed by atoms with Crippen LogP contribution >= 0.6 is 0 Å². The summed E-state index contributed by atoms with van der Waals surface area (Å²) >= 11 is 0. The Kier molecular flexibility index (Phi) is 4.97. The minimum Gasteiger partial charge on any atom is -0.356 e. The van der Waals surface area contributed by atoms with Crippen molar-refractivity contribution in [2.45, 2.75) is 51.6 Å². The van der Waals surface area contributed by atoms with Crippen molar-refractivity contribution in [3.05, 3.63) is 35.4 Å². The summed E-state index contributed by atoms with van der Waals surface area (Å²) in [5, 5.41) is 6.53. The number of carbonyl (C=O) groups is 1. The summed E-state index contributed by atoms with van der Waals surface area (Å²) in [6.45, 7) is 5.18. The lowest BCUT2D eigenvalue weighted by atomic mass is 10.0. The van der Waals surface area contributed by atoms with Gasteiger partial charge in [-0.2, -0.15) is 0 Å². The molecular weight excluding hydrogens is 236 g/mol. The minimum absolute atomic E-state index is 0.179. The van der Waals surface area contributed by atoms with Gasteiger partial charge in [-0.3, -0.25) is 4.79 Å². The summed E-state index contributed by atoms with van der Waals surface area (Å²) in [5.74, 6) is 0.179. The van der Waals surface area contributed by atoms with Crippen molar-refractivity contribution in [3.8, 4) is 0 Å². The third-order valence-corrected chi connectivity index (χ3v) is 3.79. The molecule has 2 atom stereocenters. The Morgan fingerprint density at radius 2 is 2.21 bits per heavy atom. The molecule has 0 aliphatic carbocycles. The van der Waals surface area contributed by atoms with Crippen molar-refractivity contribution in [1.29, 1.82) is 0 Å². The molecule has 1 heterocycles. The zero-order valence-electron chi connectivity index (χ0n) is 11.9. The van der Waals surface area contributed by atoms with Gasteiger partial charge in [0.25, 0.3) is 0 Å². The molecule has 1 aliphatic rings. The molecule has 104 valence electrons. The van der Waals surface area contributed by atoms with Crippen LogP contribution in [0.5, 0.6) is 0 Å². The zero-order valence-corrected chi connectivity index (χ0v) is 11.9. The number of aryl methyl sites for hydroxylation is 1. The molecule has 1 aliphatic heterocycles. The Hall–Kier alpha value is -1.35. The molecule has 0 aromatic heterocycles. The van der Waals surface area contributed by atoms with E-state index in [4.69, 9.17) is 0 Å². The number of hydrogen-bond donors (Lipinski definition) is 2. The van der Waals surface area contributed by atoms with Crippen LogP contribution in [0.15, 0.2) is 24.3 Å². The van der Waals surface area contributed by atoms with Crippen LogP contribution in [0.4, 0.5) is 0 Å². The molecule has 1 aromatic carbocycles. The Morgan fingerprint density at radius 3 is 3.00 bits per heavy atom. The van der Waals surface area contributed by atoms with Gasteiger partial charge in [-0.05, 0) is 44.2 Å². The van der Waals surface area contributed by atoms with E-state index in [1.165, 1.54) is 11.1 Å².